The highest BCUT2D eigenvalue weighted by Gasteiger charge is 2.25. The number of hydrogen-bond donors (Lipinski definition) is 3. The molecule has 1 aliphatic rings. The van der Waals surface area contributed by atoms with E-state index in [0.717, 1.165) is 42.5 Å². The second-order valence-electron chi connectivity index (χ2n) is 8.85. The maximum absolute atomic E-state index is 12.4. The van der Waals surface area contributed by atoms with Crippen LogP contribution in [-0.2, 0) is 4.79 Å². The number of rotatable bonds is 4. The van der Waals surface area contributed by atoms with E-state index in [1.54, 1.807) is 7.11 Å². The van der Waals surface area contributed by atoms with Gasteiger partial charge in [-0.2, -0.15) is 5.10 Å². The maximum atomic E-state index is 12.4. The molecule has 1 aromatic carbocycles. The van der Waals surface area contributed by atoms with Gasteiger partial charge in [0.25, 0.3) is 0 Å². The van der Waals surface area contributed by atoms with Gasteiger partial charge in [-0.3, -0.25) is 4.79 Å². The Morgan fingerprint density at radius 1 is 1.26 bits per heavy atom. The van der Waals surface area contributed by atoms with Gasteiger partial charge < -0.3 is 21.1 Å². The van der Waals surface area contributed by atoms with Crippen molar-refractivity contribution in [2.45, 2.75) is 39.7 Å². The number of nitrogens with two attached hydrogens (primary N) is 1. The van der Waals surface area contributed by atoms with Crippen molar-refractivity contribution in [2.75, 3.05) is 31.2 Å². The largest absolute Gasteiger partial charge is 0.495 e. The zero-order valence-corrected chi connectivity index (χ0v) is 18.4. The number of amides is 1. The number of fused-ring (bicyclic) bond motifs is 1. The zero-order valence-electron chi connectivity index (χ0n) is 18.4. The minimum absolute atomic E-state index is 0.0863. The van der Waals surface area contributed by atoms with Crippen LogP contribution in [0.1, 0.15) is 39.7 Å². The molecule has 0 atom stereocenters. The Hall–Kier alpha value is -3.20. The van der Waals surface area contributed by atoms with Gasteiger partial charge in [0.2, 0.25) is 5.91 Å². The zero-order chi connectivity index (χ0) is 22.2. The van der Waals surface area contributed by atoms with Gasteiger partial charge in [-0.1, -0.05) is 26.8 Å². The summed E-state index contributed by atoms with van der Waals surface area (Å²) in [5, 5.41) is 12.0. The van der Waals surface area contributed by atoms with Crippen molar-refractivity contribution in [3.63, 3.8) is 0 Å². The number of nitrogens with one attached hydrogen (secondary N) is 2. The van der Waals surface area contributed by atoms with Gasteiger partial charge >= 0.3 is 0 Å². The molecule has 9 heteroatoms. The van der Waals surface area contributed by atoms with Crippen LogP contribution in [0.15, 0.2) is 24.5 Å². The van der Waals surface area contributed by atoms with Gasteiger partial charge in [0.15, 0.2) is 5.65 Å². The fourth-order valence-corrected chi connectivity index (χ4v) is 3.75. The Bertz CT molecular complexity index is 1110. The van der Waals surface area contributed by atoms with E-state index >= 15 is 0 Å². The van der Waals surface area contributed by atoms with Gasteiger partial charge in [0, 0.05) is 11.0 Å². The Balaban J connectivity index is 1.79. The van der Waals surface area contributed by atoms with Crippen LogP contribution in [0.3, 0.4) is 0 Å². The number of ether oxygens (including phenoxy) is 1. The lowest BCUT2D eigenvalue weighted by Gasteiger charge is -2.23. The quantitative estimate of drug-likeness (QED) is 0.590. The molecule has 31 heavy (non-hydrogen) atoms. The lowest BCUT2D eigenvalue weighted by molar-refractivity contribution is -0.123. The number of benzene rings is 1. The van der Waals surface area contributed by atoms with Crippen molar-refractivity contribution >= 4 is 28.4 Å². The van der Waals surface area contributed by atoms with Gasteiger partial charge in [0.1, 0.15) is 23.6 Å². The monoisotopic (exact) mass is 423 g/mol. The molecule has 0 aliphatic carbocycles. The third-order valence-corrected chi connectivity index (χ3v) is 5.58. The van der Waals surface area contributed by atoms with Crippen LogP contribution in [0, 0.1) is 5.41 Å². The van der Waals surface area contributed by atoms with Crippen LogP contribution in [0.5, 0.6) is 5.75 Å². The molecular weight excluding hydrogens is 394 g/mol. The number of hydrogen-bond acceptors (Lipinski definition) is 7. The van der Waals surface area contributed by atoms with Crippen LogP contribution in [0.25, 0.3) is 22.3 Å². The standard InChI is InChI=1S/C22H29N7O2/c1-22(2,3)21(30)27-15-6-5-13(11-16(15)31-4)18-17-19(23)25-12-26-20(17)29(28-18)14-7-9-24-10-8-14/h5-6,11-12,14,24H,7-10H2,1-4H3,(H,27,30)(H2,23,25,26). The molecule has 4 rings (SSSR count). The summed E-state index contributed by atoms with van der Waals surface area (Å²) in [5.74, 6) is 0.858. The number of carbonyl (C=O) groups is 1. The second kappa shape index (κ2) is 8.14. The van der Waals surface area contributed by atoms with Crippen LogP contribution < -0.4 is 21.1 Å². The van der Waals surface area contributed by atoms with Crippen molar-refractivity contribution < 1.29 is 9.53 Å². The summed E-state index contributed by atoms with van der Waals surface area (Å²) >= 11 is 0. The van der Waals surface area contributed by atoms with E-state index in [0.29, 0.717) is 22.9 Å². The lowest BCUT2D eigenvalue weighted by Crippen LogP contribution is -2.30. The second-order valence-corrected chi connectivity index (χ2v) is 8.85. The van der Waals surface area contributed by atoms with Crippen molar-refractivity contribution in [1.29, 1.82) is 0 Å². The first kappa shape index (κ1) is 21.0. The molecule has 0 bridgehead atoms. The summed E-state index contributed by atoms with van der Waals surface area (Å²) in [6, 6.07) is 5.84. The first-order valence-corrected chi connectivity index (χ1v) is 10.5. The molecule has 0 unspecified atom stereocenters. The Labute approximate surface area is 181 Å². The summed E-state index contributed by atoms with van der Waals surface area (Å²) < 4.78 is 7.54. The first-order valence-electron chi connectivity index (χ1n) is 10.5. The number of aromatic nitrogens is 4. The first-order chi connectivity index (χ1) is 14.8. The van der Waals surface area contributed by atoms with E-state index in [2.05, 4.69) is 20.6 Å². The summed E-state index contributed by atoms with van der Waals surface area (Å²) in [5.41, 5.74) is 8.61. The number of nitrogens with zero attached hydrogens (tertiary/aromatic N) is 4. The fourth-order valence-electron chi connectivity index (χ4n) is 3.75. The summed E-state index contributed by atoms with van der Waals surface area (Å²) in [4.78, 5) is 21.1. The average Bonchev–Trinajstić information content (AvgIpc) is 3.15. The summed E-state index contributed by atoms with van der Waals surface area (Å²) in [6.07, 6.45) is 3.43. The van der Waals surface area contributed by atoms with Crippen molar-refractivity contribution in [3.05, 3.63) is 24.5 Å². The summed E-state index contributed by atoms with van der Waals surface area (Å²) in [6.45, 7) is 7.48. The smallest absolute Gasteiger partial charge is 0.229 e. The number of anilines is 2. The number of nitrogen functional groups attached to an aromatic ring is 1. The van der Waals surface area contributed by atoms with Crippen LogP contribution in [-0.4, -0.2) is 45.9 Å². The Morgan fingerprint density at radius 2 is 2.00 bits per heavy atom. The molecule has 0 saturated carbocycles. The highest BCUT2D eigenvalue weighted by molar-refractivity contribution is 6.00. The van der Waals surface area contributed by atoms with Gasteiger partial charge in [-0.05, 0) is 38.1 Å². The third kappa shape index (κ3) is 4.05. The third-order valence-electron chi connectivity index (χ3n) is 5.58. The predicted octanol–water partition coefficient (Wildman–Crippen LogP) is 2.99. The highest BCUT2D eigenvalue weighted by atomic mass is 16.5. The lowest BCUT2D eigenvalue weighted by atomic mass is 9.95. The van der Waals surface area contributed by atoms with E-state index < -0.39 is 5.41 Å². The molecule has 164 valence electrons. The molecule has 3 aromatic rings. The van der Waals surface area contributed by atoms with Crippen LogP contribution in [0.2, 0.25) is 0 Å². The van der Waals surface area contributed by atoms with E-state index in [1.165, 1.54) is 6.33 Å². The highest BCUT2D eigenvalue weighted by Crippen LogP contribution is 2.37. The van der Waals surface area contributed by atoms with Crippen molar-refractivity contribution in [3.8, 4) is 17.0 Å². The molecule has 0 radical (unpaired) electrons. The normalized spacial score (nSPS) is 15.2. The molecule has 4 N–H and O–H groups in total. The molecule has 1 amide bonds. The van der Waals surface area contributed by atoms with E-state index in [1.807, 2.05) is 43.7 Å². The molecule has 1 saturated heterocycles. The fraction of sp³-hybridized carbons (Fsp3) is 0.455. The topological polar surface area (TPSA) is 120 Å². The minimum Gasteiger partial charge on any atom is -0.495 e. The predicted molar refractivity (Wildman–Crippen MR) is 121 cm³/mol. The Morgan fingerprint density at radius 3 is 2.68 bits per heavy atom. The molecule has 9 nitrogen and oxygen atoms in total. The van der Waals surface area contributed by atoms with Crippen molar-refractivity contribution in [1.82, 2.24) is 25.1 Å². The molecule has 1 fully saturated rings. The van der Waals surface area contributed by atoms with Gasteiger partial charge in [-0.25, -0.2) is 14.6 Å². The van der Waals surface area contributed by atoms with Gasteiger partial charge in [-0.15, -0.1) is 0 Å². The maximum Gasteiger partial charge on any atom is 0.229 e. The van der Waals surface area contributed by atoms with Crippen molar-refractivity contribution in [2.24, 2.45) is 5.41 Å². The molecule has 2 aromatic heterocycles. The molecule has 3 heterocycles. The molecular formula is C22H29N7O2. The summed E-state index contributed by atoms with van der Waals surface area (Å²) in [7, 11) is 1.58. The molecule has 1 aliphatic heterocycles. The number of methoxy groups -OCH3 is 1. The number of carbonyl (C=O) groups excluding carboxylic acids is 1. The van der Waals surface area contributed by atoms with E-state index in [9.17, 15) is 4.79 Å². The number of piperidine rings is 1. The SMILES string of the molecule is COc1cc(-c2nn(C3CCNCC3)c3ncnc(N)c23)ccc1NC(=O)C(C)(C)C. The Kier molecular flexibility index (Phi) is 5.53. The molecule has 0 spiro atoms. The van der Waals surface area contributed by atoms with E-state index in [-0.39, 0.29) is 11.9 Å². The minimum atomic E-state index is -0.515. The average molecular weight is 424 g/mol. The van der Waals surface area contributed by atoms with E-state index in [4.69, 9.17) is 15.6 Å². The van der Waals surface area contributed by atoms with Crippen LogP contribution >= 0.6 is 0 Å². The van der Waals surface area contributed by atoms with Crippen LogP contribution in [0.4, 0.5) is 11.5 Å². The van der Waals surface area contributed by atoms with Gasteiger partial charge in [0.05, 0.1) is 24.2 Å².